The van der Waals surface area contributed by atoms with E-state index in [1.807, 2.05) is 165 Å². The van der Waals surface area contributed by atoms with E-state index in [1.165, 1.54) is 44.5 Å². The monoisotopic (exact) mass is 1200 g/mol. The minimum atomic E-state index is 0. The summed E-state index contributed by atoms with van der Waals surface area (Å²) >= 11 is 41.2. The van der Waals surface area contributed by atoms with E-state index in [9.17, 15) is 0 Å². The molecule has 0 spiro atoms. The minimum absolute atomic E-state index is 0. The molecule has 0 fully saturated rings. The molecule has 0 aliphatic heterocycles. The molecule has 8 rings (SSSR count). The molecule has 0 heterocycles. The minimum Gasteiger partial charge on any atom is -0.411 e. The first-order valence-corrected chi connectivity index (χ1v) is 26.4. The van der Waals surface area contributed by atoms with Crippen molar-refractivity contribution in [2.24, 2.45) is 0 Å². The van der Waals surface area contributed by atoms with Crippen molar-refractivity contribution < 1.29 is 34.1 Å². The predicted molar refractivity (Wildman–Crippen MR) is 328 cm³/mol. The molecule has 14 heteroatoms. The van der Waals surface area contributed by atoms with Gasteiger partial charge in [0.15, 0.2) is 0 Å². The van der Waals surface area contributed by atoms with Gasteiger partial charge in [0.25, 0.3) is 0 Å². The van der Waals surface area contributed by atoms with Crippen LogP contribution < -0.4 is 0 Å². The van der Waals surface area contributed by atoms with Gasteiger partial charge in [0, 0.05) is 52.4 Å². The van der Waals surface area contributed by atoms with E-state index in [0.29, 0.717) is 17.3 Å². The first kappa shape index (κ1) is 63.5. The van der Waals surface area contributed by atoms with E-state index in [0.717, 1.165) is 52.4 Å². The number of thiocarbonyl (C=S) groups is 4. The molecule has 0 bridgehead atoms. The van der Waals surface area contributed by atoms with Crippen molar-refractivity contribution in [1.82, 2.24) is 19.6 Å². The van der Waals surface area contributed by atoms with Gasteiger partial charge in [-0.25, -0.2) is 0 Å². The third kappa shape index (κ3) is 25.7. The van der Waals surface area contributed by atoms with Crippen LogP contribution in [0, 0.1) is 0 Å². The van der Waals surface area contributed by atoms with Gasteiger partial charge in [0.2, 0.25) is 0 Å². The summed E-state index contributed by atoms with van der Waals surface area (Å²) in [6, 6.07) is 82.0. The van der Waals surface area contributed by atoms with Gasteiger partial charge in [-0.3, -0.25) is 0 Å². The van der Waals surface area contributed by atoms with Crippen LogP contribution in [-0.2, 0) is 137 Å². The molecule has 8 aromatic rings. The van der Waals surface area contributed by atoms with Crippen LogP contribution in [0.15, 0.2) is 243 Å². The van der Waals surface area contributed by atoms with E-state index >= 15 is 0 Å². The van der Waals surface area contributed by atoms with Crippen LogP contribution in [0.5, 0.6) is 0 Å². The van der Waals surface area contributed by atoms with Gasteiger partial charge in [0.1, 0.15) is 0 Å². The van der Waals surface area contributed by atoms with Gasteiger partial charge in [-0.05, 0) is 44.5 Å². The molecular weight excluding hydrogens is 1140 g/mol. The Kier molecular flexibility index (Phi) is 31.8. The number of hydrogen-bond donors (Lipinski definition) is 0. The zero-order valence-electron chi connectivity index (χ0n) is 40.5. The fourth-order valence-electron chi connectivity index (χ4n) is 7.17. The zero-order valence-corrected chi connectivity index (χ0v) is 49.3. The van der Waals surface area contributed by atoms with Gasteiger partial charge >= 0.3 is 34.1 Å². The van der Waals surface area contributed by atoms with Crippen LogP contribution in [0.3, 0.4) is 0 Å². The quantitative estimate of drug-likeness (QED) is 0.0520. The molecule has 8 aromatic carbocycles. The Labute approximate surface area is 505 Å². The zero-order chi connectivity index (χ0) is 51.2. The third-order valence-corrected chi connectivity index (χ3v) is 12.8. The van der Waals surface area contributed by atoms with Gasteiger partial charge in [-0.1, -0.05) is 260 Å². The fraction of sp³-hybridized carbons (Fsp3) is 0.133. The second kappa shape index (κ2) is 37.1. The second-order valence-electron chi connectivity index (χ2n) is 16.4. The molecule has 0 saturated carbocycles. The van der Waals surface area contributed by atoms with E-state index < -0.39 is 0 Å². The van der Waals surface area contributed by atoms with Gasteiger partial charge in [-0.2, -0.15) is 0 Å². The molecule has 0 unspecified atom stereocenters. The second-order valence-corrected chi connectivity index (χ2v) is 20.5. The molecule has 0 atom stereocenters. The van der Waals surface area contributed by atoms with E-state index in [-0.39, 0.29) is 34.1 Å². The third-order valence-electron chi connectivity index (χ3n) is 10.8. The average molecular weight is 1200 g/mol. The van der Waals surface area contributed by atoms with Crippen LogP contribution in [0.4, 0.5) is 0 Å². The van der Waals surface area contributed by atoms with Crippen LogP contribution >= 0.6 is 48.9 Å². The van der Waals surface area contributed by atoms with Crippen LogP contribution in [0.2, 0.25) is 0 Å². The topological polar surface area (TPSA) is 13.0 Å². The van der Waals surface area contributed by atoms with E-state index in [4.69, 9.17) is 99.4 Å². The van der Waals surface area contributed by atoms with Crippen molar-refractivity contribution in [3.8, 4) is 0 Å². The SMILES string of the molecule is S=C([S-])N(Cc1ccccc1)Cc1ccccc1.S=C([S-])N(Cc1ccccc1)Cc1ccccc1.S=C([S-])N(Cc1ccccc1)Cc1ccccc1.S=C([S-])N(Cc1ccccc1)Cc1ccccc1.[Fe+2].[Fe+2]. The van der Waals surface area contributed by atoms with Crippen molar-refractivity contribution in [3.63, 3.8) is 0 Å². The molecule has 74 heavy (non-hydrogen) atoms. The fourth-order valence-corrected chi connectivity index (χ4v) is 8.20. The average Bonchev–Trinajstić information content (AvgIpc) is 3.41. The van der Waals surface area contributed by atoms with Gasteiger partial charge in [-0.15, -0.1) is 0 Å². The van der Waals surface area contributed by atoms with E-state index in [2.05, 4.69) is 97.1 Å². The number of rotatable bonds is 16. The maximum atomic E-state index is 5.16. The molecule has 380 valence electrons. The first-order valence-electron chi connectivity index (χ1n) is 23.2. The van der Waals surface area contributed by atoms with Crippen LogP contribution in [0.1, 0.15) is 44.5 Å². The van der Waals surface area contributed by atoms with Crippen LogP contribution in [-0.4, -0.2) is 36.9 Å². The number of benzene rings is 8. The summed E-state index contributed by atoms with van der Waals surface area (Å²) in [4.78, 5) is 8.15. The Morgan fingerprint density at radius 2 is 0.311 bits per heavy atom. The van der Waals surface area contributed by atoms with Gasteiger partial charge < -0.3 is 119 Å². The van der Waals surface area contributed by atoms with Crippen molar-refractivity contribution in [3.05, 3.63) is 287 Å². The molecule has 4 nitrogen and oxygen atoms in total. The summed E-state index contributed by atoms with van der Waals surface area (Å²) in [7, 11) is 0. The Balaban J connectivity index is 0.000000258. The largest absolute Gasteiger partial charge is 2.00 e. The summed E-state index contributed by atoms with van der Waals surface area (Å²) in [5.41, 5.74) is 9.78. The van der Waals surface area contributed by atoms with Gasteiger partial charge in [0.05, 0.1) is 0 Å². The summed E-state index contributed by atoms with van der Waals surface area (Å²) < 4.78 is 2.07. The molecule has 0 radical (unpaired) electrons. The number of hydrogen-bond acceptors (Lipinski definition) is 8. The Hall–Kier alpha value is -4.76. The smallest absolute Gasteiger partial charge is 0.411 e. The first-order chi connectivity index (χ1) is 35.0. The maximum absolute atomic E-state index is 5.16. The Bertz CT molecular complexity index is 2220. The van der Waals surface area contributed by atoms with Crippen LogP contribution in [0.25, 0.3) is 0 Å². The molecule has 0 saturated heterocycles. The molecular formula is C60H56Fe2N4S8. The predicted octanol–water partition coefficient (Wildman–Crippen LogP) is 14.1. The molecule has 0 amide bonds. The van der Waals surface area contributed by atoms with Crippen molar-refractivity contribution in [2.45, 2.75) is 52.4 Å². The molecule has 0 N–H and O–H groups in total. The van der Waals surface area contributed by atoms with Crippen molar-refractivity contribution in [2.75, 3.05) is 0 Å². The normalized spacial score (nSPS) is 9.73. The Morgan fingerprint density at radius 1 is 0.216 bits per heavy atom. The summed E-state index contributed by atoms with van der Waals surface area (Å²) in [6.45, 7) is 6.10. The Morgan fingerprint density at radius 3 is 0.392 bits per heavy atom. The molecule has 0 aromatic heterocycles. The van der Waals surface area contributed by atoms with Crippen molar-refractivity contribution >= 4 is 117 Å². The van der Waals surface area contributed by atoms with Crippen molar-refractivity contribution in [1.29, 1.82) is 0 Å². The number of nitrogens with zero attached hydrogens (tertiary/aromatic N) is 4. The van der Waals surface area contributed by atoms with E-state index in [1.54, 1.807) is 0 Å². The maximum Gasteiger partial charge on any atom is 2.00 e. The molecule has 0 aliphatic carbocycles. The summed E-state index contributed by atoms with van der Waals surface area (Å²) in [5, 5.41) is 0. The standard InChI is InChI=1S/4C15H15NS2.2Fe/c4*17-15(18)16(11-13-7-3-1-4-8-13)12-14-9-5-2-6-10-14;;/h4*1-10H,11-12H2,(H,17,18);;/q;;;;2*+2/p-4. The summed E-state index contributed by atoms with van der Waals surface area (Å²) in [6.07, 6.45) is 0. The summed E-state index contributed by atoms with van der Waals surface area (Å²) in [5.74, 6) is 0. The molecule has 0 aliphatic rings.